The topological polar surface area (TPSA) is 49.4 Å². The zero-order valence-electron chi connectivity index (χ0n) is 12.6. The third kappa shape index (κ3) is 4.05. The highest BCUT2D eigenvalue weighted by molar-refractivity contribution is 7.89. The third-order valence-corrected chi connectivity index (χ3v) is 4.98. The van der Waals surface area contributed by atoms with E-state index < -0.39 is 15.8 Å². The van der Waals surface area contributed by atoms with Crippen molar-refractivity contribution in [2.45, 2.75) is 11.8 Å². The number of benzene rings is 2. The molecular formula is C16H19FN2O2S. The van der Waals surface area contributed by atoms with Crippen LogP contribution in [0.15, 0.2) is 53.4 Å². The number of para-hydroxylation sites is 1. The summed E-state index contributed by atoms with van der Waals surface area (Å²) >= 11 is 0. The first-order chi connectivity index (χ1) is 10.4. The van der Waals surface area contributed by atoms with Crippen LogP contribution < -0.4 is 9.62 Å². The van der Waals surface area contributed by atoms with Gasteiger partial charge in [0.05, 0.1) is 4.90 Å². The van der Waals surface area contributed by atoms with Gasteiger partial charge in [-0.3, -0.25) is 0 Å². The SMILES string of the molecule is Cc1cc(F)ccc1S(=O)(=O)NCCN(C)c1ccccc1. The molecule has 0 saturated heterocycles. The van der Waals surface area contributed by atoms with Gasteiger partial charge in [0.2, 0.25) is 10.0 Å². The summed E-state index contributed by atoms with van der Waals surface area (Å²) in [5.74, 6) is -0.444. The predicted molar refractivity (Wildman–Crippen MR) is 86.0 cm³/mol. The van der Waals surface area contributed by atoms with Crippen LogP contribution in [-0.2, 0) is 10.0 Å². The molecule has 0 fully saturated rings. The molecule has 0 aliphatic rings. The fourth-order valence-electron chi connectivity index (χ4n) is 2.15. The average Bonchev–Trinajstić information content (AvgIpc) is 2.47. The first kappa shape index (κ1) is 16.5. The molecule has 0 bridgehead atoms. The van der Waals surface area contributed by atoms with Gasteiger partial charge >= 0.3 is 0 Å². The summed E-state index contributed by atoms with van der Waals surface area (Å²) in [6.45, 7) is 2.38. The first-order valence-corrected chi connectivity index (χ1v) is 8.40. The Labute approximate surface area is 130 Å². The molecule has 118 valence electrons. The fourth-order valence-corrected chi connectivity index (χ4v) is 3.40. The Bertz CT molecular complexity index is 733. The normalized spacial score (nSPS) is 11.4. The van der Waals surface area contributed by atoms with Gasteiger partial charge < -0.3 is 4.90 Å². The summed E-state index contributed by atoms with van der Waals surface area (Å²) in [5, 5.41) is 0. The lowest BCUT2D eigenvalue weighted by molar-refractivity contribution is 0.579. The van der Waals surface area contributed by atoms with Crippen molar-refractivity contribution in [2.24, 2.45) is 0 Å². The minimum atomic E-state index is -3.63. The smallest absolute Gasteiger partial charge is 0.240 e. The first-order valence-electron chi connectivity index (χ1n) is 6.92. The van der Waals surface area contributed by atoms with Gasteiger partial charge in [-0.15, -0.1) is 0 Å². The number of anilines is 1. The van der Waals surface area contributed by atoms with Crippen LogP contribution in [-0.4, -0.2) is 28.6 Å². The van der Waals surface area contributed by atoms with Gasteiger partial charge in [0.15, 0.2) is 0 Å². The second-order valence-corrected chi connectivity index (χ2v) is 6.80. The summed E-state index contributed by atoms with van der Waals surface area (Å²) in [4.78, 5) is 2.07. The molecule has 0 saturated carbocycles. The fraction of sp³-hybridized carbons (Fsp3) is 0.250. The van der Waals surface area contributed by atoms with Crippen LogP contribution in [0.5, 0.6) is 0 Å². The lowest BCUT2D eigenvalue weighted by atomic mass is 10.2. The maximum absolute atomic E-state index is 13.1. The van der Waals surface area contributed by atoms with Crippen molar-refractivity contribution in [3.63, 3.8) is 0 Å². The van der Waals surface area contributed by atoms with E-state index >= 15 is 0 Å². The van der Waals surface area contributed by atoms with Crippen molar-refractivity contribution in [3.05, 3.63) is 59.9 Å². The predicted octanol–water partition coefficient (Wildman–Crippen LogP) is 2.55. The molecule has 0 radical (unpaired) electrons. The molecule has 2 aromatic carbocycles. The monoisotopic (exact) mass is 322 g/mol. The van der Waals surface area contributed by atoms with Crippen molar-refractivity contribution in [1.82, 2.24) is 4.72 Å². The van der Waals surface area contributed by atoms with Gasteiger partial charge in [-0.25, -0.2) is 17.5 Å². The van der Waals surface area contributed by atoms with Gasteiger partial charge in [-0.1, -0.05) is 18.2 Å². The highest BCUT2D eigenvalue weighted by Crippen LogP contribution is 2.16. The average molecular weight is 322 g/mol. The second kappa shape index (κ2) is 6.89. The van der Waals surface area contributed by atoms with Crippen molar-refractivity contribution >= 4 is 15.7 Å². The number of likely N-dealkylation sites (N-methyl/N-ethyl adjacent to an activating group) is 1. The lowest BCUT2D eigenvalue weighted by Gasteiger charge is -2.19. The highest BCUT2D eigenvalue weighted by atomic mass is 32.2. The Balaban J connectivity index is 1.98. The molecule has 2 rings (SSSR count). The molecule has 0 amide bonds. The van der Waals surface area contributed by atoms with E-state index in [-0.39, 0.29) is 11.4 Å². The molecule has 1 N–H and O–H groups in total. The van der Waals surface area contributed by atoms with Gasteiger partial charge in [-0.2, -0.15) is 0 Å². The molecule has 0 spiro atoms. The molecule has 0 atom stereocenters. The molecule has 0 aliphatic heterocycles. The summed E-state index contributed by atoms with van der Waals surface area (Å²) in [7, 11) is -1.73. The Morgan fingerprint density at radius 3 is 2.45 bits per heavy atom. The van der Waals surface area contributed by atoms with Crippen molar-refractivity contribution < 1.29 is 12.8 Å². The van der Waals surface area contributed by atoms with E-state index in [0.717, 1.165) is 11.8 Å². The molecule has 0 aliphatic carbocycles. The van der Waals surface area contributed by atoms with Crippen LogP contribution in [0.4, 0.5) is 10.1 Å². The Kier molecular flexibility index (Phi) is 5.15. The zero-order chi connectivity index (χ0) is 16.2. The number of nitrogens with one attached hydrogen (secondary N) is 1. The Morgan fingerprint density at radius 2 is 1.82 bits per heavy atom. The molecule has 6 heteroatoms. The van der Waals surface area contributed by atoms with Crippen LogP contribution in [0.1, 0.15) is 5.56 Å². The van der Waals surface area contributed by atoms with Gasteiger partial charge in [-0.05, 0) is 42.8 Å². The number of hydrogen-bond acceptors (Lipinski definition) is 3. The number of halogens is 1. The van der Waals surface area contributed by atoms with Crippen LogP contribution in [0.3, 0.4) is 0 Å². The minimum Gasteiger partial charge on any atom is -0.373 e. The van der Waals surface area contributed by atoms with Gasteiger partial charge in [0, 0.05) is 25.8 Å². The summed E-state index contributed by atoms with van der Waals surface area (Å²) in [6, 6.07) is 13.3. The molecule has 0 unspecified atom stereocenters. The van der Waals surface area contributed by atoms with Crippen LogP contribution in [0.25, 0.3) is 0 Å². The van der Waals surface area contributed by atoms with E-state index in [2.05, 4.69) is 4.72 Å². The number of sulfonamides is 1. The maximum Gasteiger partial charge on any atom is 0.240 e. The van der Waals surface area contributed by atoms with Crippen molar-refractivity contribution in [1.29, 1.82) is 0 Å². The molecule has 4 nitrogen and oxygen atoms in total. The quantitative estimate of drug-likeness (QED) is 0.889. The van der Waals surface area contributed by atoms with E-state index in [1.807, 2.05) is 42.3 Å². The molecule has 0 aromatic heterocycles. The zero-order valence-corrected chi connectivity index (χ0v) is 13.4. The van der Waals surface area contributed by atoms with Crippen LogP contribution >= 0.6 is 0 Å². The van der Waals surface area contributed by atoms with Crippen LogP contribution in [0, 0.1) is 12.7 Å². The van der Waals surface area contributed by atoms with Crippen LogP contribution in [0.2, 0.25) is 0 Å². The highest BCUT2D eigenvalue weighted by Gasteiger charge is 2.16. The summed E-state index contributed by atoms with van der Waals surface area (Å²) in [6.07, 6.45) is 0. The largest absolute Gasteiger partial charge is 0.373 e. The van der Waals surface area contributed by atoms with E-state index in [9.17, 15) is 12.8 Å². The second-order valence-electron chi connectivity index (χ2n) is 5.06. The molecular weight excluding hydrogens is 303 g/mol. The Hall–Kier alpha value is -1.92. The standard InChI is InChI=1S/C16H19FN2O2S/c1-13-12-14(17)8-9-16(13)22(20,21)18-10-11-19(2)15-6-4-3-5-7-15/h3-9,12,18H,10-11H2,1-2H3. The van der Waals surface area contributed by atoms with E-state index in [1.54, 1.807) is 6.92 Å². The third-order valence-electron chi connectivity index (χ3n) is 3.36. The van der Waals surface area contributed by atoms with Gasteiger partial charge in [0.25, 0.3) is 0 Å². The van der Waals surface area contributed by atoms with E-state index in [1.165, 1.54) is 12.1 Å². The number of aryl methyl sites for hydroxylation is 1. The van der Waals surface area contributed by atoms with Gasteiger partial charge in [0.1, 0.15) is 5.82 Å². The number of nitrogens with zero attached hydrogens (tertiary/aromatic N) is 1. The molecule has 0 heterocycles. The lowest BCUT2D eigenvalue weighted by Crippen LogP contribution is -2.33. The number of hydrogen-bond donors (Lipinski definition) is 1. The van der Waals surface area contributed by atoms with E-state index in [4.69, 9.17) is 0 Å². The maximum atomic E-state index is 13.1. The van der Waals surface area contributed by atoms with Crippen molar-refractivity contribution in [2.75, 3.05) is 25.0 Å². The minimum absolute atomic E-state index is 0.108. The molecule has 22 heavy (non-hydrogen) atoms. The summed E-state index contributed by atoms with van der Waals surface area (Å²) in [5.41, 5.74) is 1.41. The van der Waals surface area contributed by atoms with E-state index in [0.29, 0.717) is 12.1 Å². The summed E-state index contributed by atoms with van der Waals surface area (Å²) < 4.78 is 40.1. The molecule has 2 aromatic rings. The van der Waals surface area contributed by atoms with Crippen molar-refractivity contribution in [3.8, 4) is 0 Å². The Morgan fingerprint density at radius 1 is 1.14 bits per heavy atom. The number of rotatable bonds is 6.